The summed E-state index contributed by atoms with van der Waals surface area (Å²) >= 11 is 5.52. The lowest BCUT2D eigenvalue weighted by Gasteiger charge is -2.13. The topological polar surface area (TPSA) is 26.3 Å². The number of carbonyl (C=O) groups excluding carboxylic acids is 1. The maximum absolute atomic E-state index is 12.6. The molecule has 1 aromatic rings. The molecule has 0 N–H and O–H groups in total. The lowest BCUT2D eigenvalue weighted by Crippen LogP contribution is -2.11. The number of halogens is 4. The number of hydrogen-bond acceptors (Lipinski definition) is 2. The van der Waals surface area contributed by atoms with Crippen LogP contribution in [0.1, 0.15) is 28.4 Å². The third-order valence-corrected chi connectivity index (χ3v) is 2.60. The minimum absolute atomic E-state index is 0.0630. The van der Waals surface area contributed by atoms with Gasteiger partial charge in [0.2, 0.25) is 0 Å². The molecular formula is C11H10ClF3O2. The predicted molar refractivity (Wildman–Crippen MR) is 57.2 cm³/mol. The summed E-state index contributed by atoms with van der Waals surface area (Å²) in [4.78, 5) is 11.3. The smallest absolute Gasteiger partial charge is 0.417 e. The molecule has 94 valence electrons. The highest BCUT2D eigenvalue weighted by molar-refractivity contribution is 6.31. The van der Waals surface area contributed by atoms with Crippen molar-refractivity contribution in [2.45, 2.75) is 19.5 Å². The Labute approximate surface area is 101 Å². The van der Waals surface area contributed by atoms with Gasteiger partial charge in [0.1, 0.15) is 0 Å². The van der Waals surface area contributed by atoms with Gasteiger partial charge < -0.3 is 4.74 Å². The lowest BCUT2D eigenvalue weighted by atomic mass is 10.0. The zero-order valence-corrected chi connectivity index (χ0v) is 9.95. The van der Waals surface area contributed by atoms with E-state index in [1.807, 2.05) is 0 Å². The van der Waals surface area contributed by atoms with Crippen molar-refractivity contribution in [1.29, 1.82) is 0 Å². The number of esters is 1. The van der Waals surface area contributed by atoms with E-state index in [-0.39, 0.29) is 17.5 Å². The van der Waals surface area contributed by atoms with Crippen LogP contribution in [0.15, 0.2) is 12.1 Å². The molecule has 1 aromatic carbocycles. The Morgan fingerprint density at radius 3 is 2.41 bits per heavy atom. The fourth-order valence-electron chi connectivity index (χ4n) is 1.43. The zero-order valence-electron chi connectivity index (χ0n) is 9.19. The van der Waals surface area contributed by atoms with Crippen LogP contribution >= 0.6 is 11.6 Å². The monoisotopic (exact) mass is 266 g/mol. The standard InChI is InChI=1S/C11H10ClF3O2/c1-3-6-4-8(11(13,14)15)9(12)5-7(6)10(16)17-2/h4-5H,3H2,1-2H3. The molecule has 0 radical (unpaired) electrons. The molecule has 0 heterocycles. The number of carbonyl (C=O) groups is 1. The van der Waals surface area contributed by atoms with Crippen molar-refractivity contribution >= 4 is 17.6 Å². The molecule has 0 aliphatic heterocycles. The molecule has 1 rings (SSSR count). The highest BCUT2D eigenvalue weighted by Crippen LogP contribution is 2.36. The second kappa shape index (κ2) is 4.96. The second-order valence-electron chi connectivity index (χ2n) is 3.33. The Morgan fingerprint density at radius 1 is 1.41 bits per heavy atom. The number of aryl methyl sites for hydroxylation is 1. The summed E-state index contributed by atoms with van der Waals surface area (Å²) in [5.74, 6) is -0.697. The first-order chi connectivity index (χ1) is 7.81. The van der Waals surface area contributed by atoms with E-state index in [1.54, 1.807) is 6.92 Å². The van der Waals surface area contributed by atoms with Gasteiger partial charge in [0.25, 0.3) is 0 Å². The quantitative estimate of drug-likeness (QED) is 0.763. The van der Waals surface area contributed by atoms with Crippen LogP contribution in [0.3, 0.4) is 0 Å². The fraction of sp³-hybridized carbons (Fsp3) is 0.364. The van der Waals surface area contributed by atoms with Crippen LogP contribution in [0.25, 0.3) is 0 Å². The minimum Gasteiger partial charge on any atom is -0.465 e. The Kier molecular flexibility index (Phi) is 4.03. The average molecular weight is 267 g/mol. The number of rotatable bonds is 2. The van der Waals surface area contributed by atoms with Crippen LogP contribution in [0.4, 0.5) is 13.2 Å². The van der Waals surface area contributed by atoms with E-state index < -0.39 is 22.7 Å². The normalized spacial score (nSPS) is 11.4. The summed E-state index contributed by atoms with van der Waals surface area (Å²) in [7, 11) is 1.16. The number of alkyl halides is 3. The van der Waals surface area contributed by atoms with Gasteiger partial charge in [-0.25, -0.2) is 4.79 Å². The second-order valence-corrected chi connectivity index (χ2v) is 3.74. The van der Waals surface area contributed by atoms with Crippen molar-refractivity contribution in [2.75, 3.05) is 7.11 Å². The number of methoxy groups -OCH3 is 1. The predicted octanol–water partition coefficient (Wildman–Crippen LogP) is 3.71. The molecule has 0 saturated heterocycles. The molecule has 0 aliphatic rings. The fourth-order valence-corrected chi connectivity index (χ4v) is 1.70. The first-order valence-electron chi connectivity index (χ1n) is 4.79. The molecule has 0 aliphatic carbocycles. The van der Waals surface area contributed by atoms with Crippen LogP contribution in [-0.2, 0) is 17.3 Å². The Morgan fingerprint density at radius 2 is 2.00 bits per heavy atom. The molecular weight excluding hydrogens is 257 g/mol. The largest absolute Gasteiger partial charge is 0.465 e. The molecule has 0 spiro atoms. The lowest BCUT2D eigenvalue weighted by molar-refractivity contribution is -0.137. The van der Waals surface area contributed by atoms with E-state index in [1.165, 1.54) is 0 Å². The van der Waals surface area contributed by atoms with Gasteiger partial charge >= 0.3 is 12.1 Å². The Hall–Kier alpha value is -1.23. The third-order valence-electron chi connectivity index (χ3n) is 2.28. The molecule has 0 unspecified atom stereocenters. The van der Waals surface area contributed by atoms with Gasteiger partial charge in [-0.15, -0.1) is 0 Å². The van der Waals surface area contributed by atoms with Crippen LogP contribution in [0.5, 0.6) is 0 Å². The van der Waals surface area contributed by atoms with Gasteiger partial charge in [0.15, 0.2) is 0 Å². The Balaban J connectivity index is 3.40. The third kappa shape index (κ3) is 2.91. The van der Waals surface area contributed by atoms with Gasteiger partial charge in [0, 0.05) is 0 Å². The number of hydrogen-bond donors (Lipinski definition) is 0. The van der Waals surface area contributed by atoms with Crippen molar-refractivity contribution in [2.24, 2.45) is 0 Å². The van der Waals surface area contributed by atoms with Crippen molar-refractivity contribution < 1.29 is 22.7 Å². The molecule has 6 heteroatoms. The number of benzene rings is 1. The van der Waals surface area contributed by atoms with Crippen molar-refractivity contribution in [3.63, 3.8) is 0 Å². The minimum atomic E-state index is -4.53. The first-order valence-corrected chi connectivity index (χ1v) is 5.17. The summed E-state index contributed by atoms with van der Waals surface area (Å²) in [6, 6.07) is 1.88. The van der Waals surface area contributed by atoms with Crippen LogP contribution in [0.2, 0.25) is 5.02 Å². The van der Waals surface area contributed by atoms with E-state index >= 15 is 0 Å². The van der Waals surface area contributed by atoms with E-state index in [0.717, 1.165) is 19.2 Å². The SMILES string of the molecule is CCc1cc(C(F)(F)F)c(Cl)cc1C(=O)OC. The average Bonchev–Trinajstić information content (AvgIpc) is 2.26. The van der Waals surface area contributed by atoms with Gasteiger partial charge in [-0.1, -0.05) is 18.5 Å². The zero-order chi connectivity index (χ0) is 13.2. The van der Waals surface area contributed by atoms with Gasteiger partial charge in [-0.3, -0.25) is 0 Å². The molecule has 2 nitrogen and oxygen atoms in total. The van der Waals surface area contributed by atoms with E-state index in [2.05, 4.69) is 4.74 Å². The van der Waals surface area contributed by atoms with Crippen LogP contribution < -0.4 is 0 Å². The maximum atomic E-state index is 12.6. The highest BCUT2D eigenvalue weighted by atomic mass is 35.5. The molecule has 0 fully saturated rings. The van der Waals surface area contributed by atoms with Gasteiger partial charge in [-0.2, -0.15) is 13.2 Å². The summed E-state index contributed by atoms with van der Waals surface area (Å²) in [6.45, 7) is 1.65. The highest BCUT2D eigenvalue weighted by Gasteiger charge is 2.34. The molecule has 0 aromatic heterocycles. The van der Waals surface area contributed by atoms with Crippen molar-refractivity contribution in [1.82, 2.24) is 0 Å². The van der Waals surface area contributed by atoms with Gasteiger partial charge in [-0.05, 0) is 24.1 Å². The van der Waals surface area contributed by atoms with Gasteiger partial charge in [0.05, 0.1) is 23.3 Å². The van der Waals surface area contributed by atoms with E-state index in [9.17, 15) is 18.0 Å². The van der Waals surface area contributed by atoms with Crippen LogP contribution in [0, 0.1) is 0 Å². The van der Waals surface area contributed by atoms with Crippen molar-refractivity contribution in [3.05, 3.63) is 33.8 Å². The summed E-state index contributed by atoms with van der Waals surface area (Å²) in [6.07, 6.45) is -4.25. The van der Waals surface area contributed by atoms with Crippen LogP contribution in [-0.4, -0.2) is 13.1 Å². The summed E-state index contributed by atoms with van der Waals surface area (Å²) in [5.41, 5.74) is -0.620. The van der Waals surface area contributed by atoms with E-state index in [4.69, 9.17) is 11.6 Å². The maximum Gasteiger partial charge on any atom is 0.417 e. The number of ether oxygens (including phenoxy) is 1. The molecule has 0 amide bonds. The Bertz CT molecular complexity index is 441. The summed E-state index contributed by atoms with van der Waals surface area (Å²) < 4.78 is 42.2. The molecule has 17 heavy (non-hydrogen) atoms. The molecule has 0 saturated carbocycles. The van der Waals surface area contributed by atoms with E-state index in [0.29, 0.717) is 0 Å². The molecule has 0 atom stereocenters. The first kappa shape index (κ1) is 13.8. The summed E-state index contributed by atoms with van der Waals surface area (Å²) in [5, 5.41) is -0.505. The molecule has 0 bridgehead atoms. The van der Waals surface area contributed by atoms with Crippen molar-refractivity contribution in [3.8, 4) is 0 Å².